The number of hydrogen-bond acceptors (Lipinski definition) is 7. The molecule has 1 aromatic carbocycles. The molecule has 0 amide bonds. The molecule has 0 aliphatic rings. The molecular weight excluding hydrogens is 318 g/mol. The van der Waals surface area contributed by atoms with Crippen LogP contribution in [0.1, 0.15) is 11.1 Å². The number of tetrazole rings is 1. The van der Waals surface area contributed by atoms with Gasteiger partial charge in [-0.2, -0.15) is 4.68 Å². The van der Waals surface area contributed by atoms with Crippen LogP contribution in [0.3, 0.4) is 0 Å². The van der Waals surface area contributed by atoms with Crippen LogP contribution >= 0.6 is 11.8 Å². The van der Waals surface area contributed by atoms with E-state index in [4.69, 9.17) is 0 Å². The van der Waals surface area contributed by atoms with Crippen molar-refractivity contribution in [3.63, 3.8) is 0 Å². The molecule has 0 N–H and O–H groups in total. The van der Waals surface area contributed by atoms with Gasteiger partial charge in [0, 0.05) is 7.05 Å². The number of rotatable bonds is 4. The fourth-order valence-corrected chi connectivity index (χ4v) is 3.13. The highest BCUT2D eigenvalue weighted by Crippen LogP contribution is 2.33. The van der Waals surface area contributed by atoms with E-state index in [1.165, 1.54) is 6.33 Å². The topological polar surface area (TPSA) is 105 Å². The zero-order valence-electron chi connectivity index (χ0n) is 12.7. The summed E-state index contributed by atoms with van der Waals surface area (Å²) < 4.78 is 3.17. The SMILES string of the molecule is Cc1cccc(C)c1-n1nnnc1Sc1c([N+](=O)[O-])ncn1C. The van der Waals surface area contributed by atoms with Crippen molar-refractivity contribution in [3.8, 4) is 5.69 Å². The standard InChI is InChI=1S/C13H13N7O2S/c1-8-5-4-6-9(2)10(8)19-13(15-16-17-19)23-12-11(20(21)22)14-7-18(12)3/h4-7H,1-3H3. The molecule has 0 aliphatic carbocycles. The Balaban J connectivity index is 2.07. The lowest BCUT2D eigenvalue weighted by molar-refractivity contribution is -0.392. The highest BCUT2D eigenvalue weighted by molar-refractivity contribution is 7.99. The average molecular weight is 331 g/mol. The van der Waals surface area contributed by atoms with Gasteiger partial charge in [0.25, 0.3) is 0 Å². The Morgan fingerprint density at radius 3 is 2.61 bits per heavy atom. The maximum atomic E-state index is 11.1. The van der Waals surface area contributed by atoms with Gasteiger partial charge in [-0.25, -0.2) is 0 Å². The maximum Gasteiger partial charge on any atom is 0.396 e. The van der Waals surface area contributed by atoms with Crippen LogP contribution in [0.2, 0.25) is 0 Å². The molecule has 3 rings (SSSR count). The van der Waals surface area contributed by atoms with E-state index in [0.717, 1.165) is 28.6 Å². The third-order valence-electron chi connectivity index (χ3n) is 3.32. The van der Waals surface area contributed by atoms with Crippen molar-refractivity contribution in [2.75, 3.05) is 0 Å². The Labute approximate surface area is 135 Å². The van der Waals surface area contributed by atoms with Crippen molar-refractivity contribution in [1.82, 2.24) is 29.8 Å². The molecule has 118 valence electrons. The van der Waals surface area contributed by atoms with Crippen LogP contribution in [0.4, 0.5) is 5.82 Å². The normalized spacial score (nSPS) is 10.9. The van der Waals surface area contributed by atoms with Gasteiger partial charge in [0.1, 0.15) is 0 Å². The fraction of sp³-hybridized carbons (Fsp3) is 0.231. The predicted molar refractivity (Wildman–Crippen MR) is 82.6 cm³/mol. The highest BCUT2D eigenvalue weighted by atomic mass is 32.2. The van der Waals surface area contributed by atoms with Gasteiger partial charge in [0.15, 0.2) is 5.03 Å². The lowest BCUT2D eigenvalue weighted by Crippen LogP contribution is -2.04. The molecule has 0 unspecified atom stereocenters. The van der Waals surface area contributed by atoms with E-state index in [-0.39, 0.29) is 5.82 Å². The molecule has 0 saturated heterocycles. The summed E-state index contributed by atoms with van der Waals surface area (Å²) >= 11 is 1.11. The van der Waals surface area contributed by atoms with Crippen LogP contribution in [0.15, 0.2) is 34.7 Å². The van der Waals surface area contributed by atoms with Crippen molar-refractivity contribution in [2.24, 2.45) is 7.05 Å². The molecule has 0 atom stereocenters. The summed E-state index contributed by atoms with van der Waals surface area (Å²) in [4.78, 5) is 14.4. The minimum atomic E-state index is -0.518. The quantitative estimate of drug-likeness (QED) is 0.532. The molecule has 0 radical (unpaired) electrons. The van der Waals surface area contributed by atoms with Crippen LogP contribution < -0.4 is 0 Å². The summed E-state index contributed by atoms with van der Waals surface area (Å²) in [5, 5.41) is 23.6. The fourth-order valence-electron chi connectivity index (χ4n) is 2.26. The number of para-hydroxylation sites is 1. The minimum absolute atomic E-state index is 0.214. The summed E-state index contributed by atoms with van der Waals surface area (Å²) in [5.41, 5.74) is 2.89. The first-order chi connectivity index (χ1) is 11.0. The largest absolute Gasteiger partial charge is 0.396 e. The number of imidazole rings is 1. The zero-order chi connectivity index (χ0) is 16.6. The van der Waals surface area contributed by atoms with Crippen LogP contribution in [0, 0.1) is 24.0 Å². The van der Waals surface area contributed by atoms with Gasteiger partial charge in [-0.1, -0.05) is 18.2 Å². The maximum absolute atomic E-state index is 11.1. The Kier molecular flexibility index (Phi) is 3.82. The number of nitro groups is 1. The number of aromatic nitrogens is 6. The highest BCUT2D eigenvalue weighted by Gasteiger charge is 2.24. The lowest BCUT2D eigenvalue weighted by atomic mass is 10.1. The molecule has 0 saturated carbocycles. The predicted octanol–water partition coefficient (Wildman–Crippen LogP) is 2.07. The molecule has 0 fully saturated rings. The van der Waals surface area contributed by atoms with E-state index in [0.29, 0.717) is 10.2 Å². The van der Waals surface area contributed by atoms with Crippen molar-refractivity contribution in [1.29, 1.82) is 0 Å². The van der Waals surface area contributed by atoms with Gasteiger partial charge >= 0.3 is 5.82 Å². The molecule has 10 heteroatoms. The summed E-state index contributed by atoms with van der Waals surface area (Å²) in [5.74, 6) is -0.214. The monoisotopic (exact) mass is 331 g/mol. The van der Waals surface area contributed by atoms with E-state index in [1.807, 2.05) is 32.0 Å². The van der Waals surface area contributed by atoms with Crippen molar-refractivity contribution >= 4 is 17.6 Å². The Hall–Kier alpha value is -2.75. The van der Waals surface area contributed by atoms with Crippen LogP contribution in [0.25, 0.3) is 5.69 Å². The summed E-state index contributed by atoms with van der Waals surface area (Å²) in [6.07, 6.45) is 1.40. The Morgan fingerprint density at radius 1 is 1.26 bits per heavy atom. The van der Waals surface area contributed by atoms with Crippen molar-refractivity contribution in [2.45, 2.75) is 24.0 Å². The molecular formula is C13H13N7O2S. The van der Waals surface area contributed by atoms with Crippen LogP contribution in [0.5, 0.6) is 0 Å². The van der Waals surface area contributed by atoms with E-state index < -0.39 is 4.92 Å². The van der Waals surface area contributed by atoms with Crippen LogP contribution in [-0.2, 0) is 7.05 Å². The minimum Gasteiger partial charge on any atom is -0.358 e. The van der Waals surface area contributed by atoms with Crippen LogP contribution in [-0.4, -0.2) is 34.7 Å². The molecule has 0 spiro atoms. The zero-order valence-corrected chi connectivity index (χ0v) is 13.5. The number of benzene rings is 1. The van der Waals surface area contributed by atoms with Gasteiger partial charge in [-0.05, 0) is 57.1 Å². The third-order valence-corrected chi connectivity index (χ3v) is 4.42. The van der Waals surface area contributed by atoms with Gasteiger partial charge in [0.2, 0.25) is 11.5 Å². The smallest absolute Gasteiger partial charge is 0.358 e. The van der Waals surface area contributed by atoms with E-state index >= 15 is 0 Å². The lowest BCUT2D eigenvalue weighted by Gasteiger charge is -2.10. The number of nitrogens with zero attached hydrogens (tertiary/aromatic N) is 7. The second-order valence-corrected chi connectivity index (χ2v) is 5.91. The third kappa shape index (κ3) is 2.68. The summed E-state index contributed by atoms with van der Waals surface area (Å²) in [6.45, 7) is 3.93. The molecule has 23 heavy (non-hydrogen) atoms. The molecule has 3 aromatic rings. The first kappa shape index (κ1) is 15.2. The van der Waals surface area contributed by atoms with E-state index in [9.17, 15) is 10.1 Å². The second kappa shape index (κ2) is 5.80. The van der Waals surface area contributed by atoms with Crippen molar-refractivity contribution in [3.05, 3.63) is 45.8 Å². The molecule has 9 nitrogen and oxygen atoms in total. The molecule has 2 aromatic heterocycles. The molecule has 0 aliphatic heterocycles. The van der Waals surface area contributed by atoms with E-state index in [2.05, 4.69) is 20.5 Å². The summed E-state index contributed by atoms with van der Waals surface area (Å²) in [7, 11) is 1.69. The molecule has 2 heterocycles. The van der Waals surface area contributed by atoms with Gasteiger partial charge in [0.05, 0.1) is 5.69 Å². The number of aryl methyl sites for hydroxylation is 3. The first-order valence-electron chi connectivity index (χ1n) is 6.67. The number of hydrogen-bond donors (Lipinski definition) is 0. The average Bonchev–Trinajstić information content (AvgIpc) is 3.08. The Bertz CT molecular complexity index is 866. The van der Waals surface area contributed by atoms with E-state index in [1.54, 1.807) is 16.3 Å². The summed E-state index contributed by atoms with van der Waals surface area (Å²) in [6, 6.07) is 5.88. The molecule has 0 bridgehead atoms. The second-order valence-electron chi connectivity index (χ2n) is 4.96. The van der Waals surface area contributed by atoms with Gasteiger partial charge in [-0.15, -0.1) is 5.10 Å². The van der Waals surface area contributed by atoms with Gasteiger partial charge in [-0.3, -0.25) is 0 Å². The van der Waals surface area contributed by atoms with Crippen molar-refractivity contribution < 1.29 is 4.92 Å². The first-order valence-corrected chi connectivity index (χ1v) is 7.49. The van der Waals surface area contributed by atoms with Gasteiger partial charge < -0.3 is 14.7 Å². The Morgan fingerprint density at radius 2 is 1.96 bits per heavy atom.